The lowest BCUT2D eigenvalue weighted by Crippen LogP contribution is -2.38. The van der Waals surface area contributed by atoms with E-state index in [-0.39, 0.29) is 0 Å². The summed E-state index contributed by atoms with van der Waals surface area (Å²) in [5.41, 5.74) is 5.76. The van der Waals surface area contributed by atoms with Gasteiger partial charge in [0.05, 0.1) is 0 Å². The lowest BCUT2D eigenvalue weighted by Gasteiger charge is -2.28. The van der Waals surface area contributed by atoms with E-state index in [0.717, 1.165) is 12.5 Å². The van der Waals surface area contributed by atoms with Crippen LogP contribution in [0.5, 0.6) is 0 Å². The van der Waals surface area contributed by atoms with Crippen LogP contribution in [0.25, 0.3) is 0 Å². The molecule has 3 N–H and O–H groups in total. The average Bonchev–Trinajstić information content (AvgIpc) is 2.87. The third-order valence-corrected chi connectivity index (χ3v) is 3.24. The van der Waals surface area contributed by atoms with Gasteiger partial charge in [0, 0.05) is 25.5 Å². The van der Waals surface area contributed by atoms with E-state index in [4.69, 9.17) is 5.73 Å². The maximum Gasteiger partial charge on any atom is 0.202 e. The van der Waals surface area contributed by atoms with E-state index in [1.165, 1.54) is 19.3 Å². The van der Waals surface area contributed by atoms with Gasteiger partial charge >= 0.3 is 0 Å². The van der Waals surface area contributed by atoms with Gasteiger partial charge in [-0.05, 0) is 25.3 Å². The molecule has 0 radical (unpaired) electrons. The Hall–Kier alpha value is -1.03. The molecule has 2 rings (SSSR count). The number of hydrogen-bond acceptors (Lipinski definition) is 3. The van der Waals surface area contributed by atoms with Gasteiger partial charge in [0.1, 0.15) is 0 Å². The zero-order chi connectivity index (χ0) is 9.97. The second kappa shape index (κ2) is 4.00. The molecule has 1 aromatic heterocycles. The molecule has 1 heterocycles. The van der Waals surface area contributed by atoms with Crippen molar-refractivity contribution in [1.29, 1.82) is 0 Å². The van der Waals surface area contributed by atoms with E-state index >= 15 is 0 Å². The molecule has 1 aromatic rings. The number of aromatic amines is 1. The Morgan fingerprint density at radius 3 is 3.14 bits per heavy atom. The fourth-order valence-electron chi connectivity index (χ4n) is 2.41. The van der Waals surface area contributed by atoms with Crippen LogP contribution in [-0.4, -0.2) is 29.6 Å². The van der Waals surface area contributed by atoms with E-state index in [1.807, 2.05) is 6.20 Å². The third kappa shape index (κ3) is 1.62. The van der Waals surface area contributed by atoms with Crippen molar-refractivity contribution < 1.29 is 0 Å². The van der Waals surface area contributed by atoms with Gasteiger partial charge in [-0.1, -0.05) is 6.42 Å². The minimum absolute atomic E-state index is 0.561. The summed E-state index contributed by atoms with van der Waals surface area (Å²) in [5.74, 6) is 1.58. The fourth-order valence-corrected chi connectivity index (χ4v) is 2.41. The van der Waals surface area contributed by atoms with Crippen molar-refractivity contribution in [3.05, 3.63) is 12.4 Å². The molecule has 2 atom stereocenters. The van der Waals surface area contributed by atoms with Crippen LogP contribution in [0.3, 0.4) is 0 Å². The van der Waals surface area contributed by atoms with E-state index in [0.29, 0.717) is 12.0 Å². The third-order valence-electron chi connectivity index (χ3n) is 3.24. The molecule has 78 valence electrons. The number of anilines is 1. The average molecular weight is 194 g/mol. The summed E-state index contributed by atoms with van der Waals surface area (Å²) in [4.78, 5) is 9.62. The second-order valence-electron chi connectivity index (χ2n) is 4.02. The minimum Gasteiger partial charge on any atom is -0.342 e. The Bertz CT molecular complexity index is 270. The SMILES string of the molecule is CN(c1ncc[nH]1)C1CCCC1CN. The molecule has 4 heteroatoms. The van der Waals surface area contributed by atoms with E-state index in [1.54, 1.807) is 6.20 Å². The smallest absolute Gasteiger partial charge is 0.202 e. The molecular formula is C10H18N4. The Labute approximate surface area is 84.5 Å². The zero-order valence-electron chi connectivity index (χ0n) is 8.61. The summed E-state index contributed by atoms with van der Waals surface area (Å²) < 4.78 is 0. The quantitative estimate of drug-likeness (QED) is 0.754. The van der Waals surface area contributed by atoms with Crippen LogP contribution in [-0.2, 0) is 0 Å². The molecule has 0 saturated heterocycles. The van der Waals surface area contributed by atoms with Gasteiger partial charge in [-0.25, -0.2) is 4.98 Å². The number of rotatable bonds is 3. The molecule has 0 aliphatic heterocycles. The predicted octanol–water partition coefficient (Wildman–Crippen LogP) is 0.973. The molecule has 2 unspecified atom stereocenters. The number of hydrogen-bond donors (Lipinski definition) is 2. The first-order chi connectivity index (χ1) is 6.83. The van der Waals surface area contributed by atoms with Gasteiger partial charge in [0.15, 0.2) is 0 Å². The number of nitrogens with zero attached hydrogens (tertiary/aromatic N) is 2. The Balaban J connectivity index is 2.07. The summed E-state index contributed by atoms with van der Waals surface area (Å²) in [7, 11) is 2.09. The first-order valence-electron chi connectivity index (χ1n) is 5.25. The fraction of sp³-hybridized carbons (Fsp3) is 0.700. The van der Waals surface area contributed by atoms with Gasteiger partial charge in [-0.2, -0.15) is 0 Å². The lowest BCUT2D eigenvalue weighted by molar-refractivity contribution is 0.470. The molecule has 0 amide bonds. The highest BCUT2D eigenvalue weighted by Gasteiger charge is 2.30. The highest BCUT2D eigenvalue weighted by molar-refractivity contribution is 5.30. The number of aromatic nitrogens is 2. The maximum absolute atomic E-state index is 5.76. The topological polar surface area (TPSA) is 57.9 Å². The summed E-state index contributed by atoms with van der Waals surface area (Å²) in [6.07, 6.45) is 7.43. The lowest BCUT2D eigenvalue weighted by atomic mass is 10.0. The largest absolute Gasteiger partial charge is 0.342 e. The van der Waals surface area contributed by atoms with Crippen molar-refractivity contribution in [2.75, 3.05) is 18.5 Å². The Morgan fingerprint density at radius 1 is 1.64 bits per heavy atom. The van der Waals surface area contributed by atoms with Crippen molar-refractivity contribution in [2.45, 2.75) is 25.3 Å². The van der Waals surface area contributed by atoms with Gasteiger partial charge < -0.3 is 15.6 Å². The van der Waals surface area contributed by atoms with Crippen LogP contribution >= 0.6 is 0 Å². The standard InChI is InChI=1S/C10H18N4/c1-14(10-12-5-6-13-10)9-4-2-3-8(9)7-11/h5-6,8-9H,2-4,7,11H2,1H3,(H,12,13). The summed E-state index contributed by atoms with van der Waals surface area (Å²) in [6, 6.07) is 0.561. The molecule has 0 spiro atoms. The van der Waals surface area contributed by atoms with Gasteiger partial charge in [0.25, 0.3) is 0 Å². The molecule has 1 saturated carbocycles. The van der Waals surface area contributed by atoms with Crippen LogP contribution in [0.4, 0.5) is 5.95 Å². The van der Waals surface area contributed by atoms with E-state index in [9.17, 15) is 0 Å². The minimum atomic E-state index is 0.561. The molecule has 0 bridgehead atoms. The van der Waals surface area contributed by atoms with Crippen LogP contribution in [0, 0.1) is 5.92 Å². The van der Waals surface area contributed by atoms with Gasteiger partial charge in [-0.3, -0.25) is 0 Å². The predicted molar refractivity (Wildman–Crippen MR) is 57.2 cm³/mol. The highest BCUT2D eigenvalue weighted by atomic mass is 15.3. The second-order valence-corrected chi connectivity index (χ2v) is 4.02. The van der Waals surface area contributed by atoms with Crippen LogP contribution < -0.4 is 10.6 Å². The number of nitrogens with two attached hydrogens (primary N) is 1. The van der Waals surface area contributed by atoms with Crippen molar-refractivity contribution >= 4 is 5.95 Å². The highest BCUT2D eigenvalue weighted by Crippen LogP contribution is 2.29. The Morgan fingerprint density at radius 2 is 2.50 bits per heavy atom. The maximum atomic E-state index is 5.76. The summed E-state index contributed by atoms with van der Waals surface area (Å²) in [6.45, 7) is 0.787. The van der Waals surface area contributed by atoms with Crippen molar-refractivity contribution in [3.63, 3.8) is 0 Å². The zero-order valence-corrected chi connectivity index (χ0v) is 8.61. The molecular weight excluding hydrogens is 176 g/mol. The van der Waals surface area contributed by atoms with E-state index < -0.39 is 0 Å². The van der Waals surface area contributed by atoms with Crippen molar-refractivity contribution in [2.24, 2.45) is 11.7 Å². The first-order valence-corrected chi connectivity index (χ1v) is 5.25. The number of nitrogens with one attached hydrogen (secondary N) is 1. The molecule has 14 heavy (non-hydrogen) atoms. The molecule has 1 aliphatic carbocycles. The molecule has 0 aromatic carbocycles. The van der Waals surface area contributed by atoms with Crippen LogP contribution in [0.15, 0.2) is 12.4 Å². The first kappa shape index (κ1) is 9.52. The Kier molecular flexibility index (Phi) is 2.72. The number of imidazole rings is 1. The van der Waals surface area contributed by atoms with Crippen molar-refractivity contribution in [1.82, 2.24) is 9.97 Å². The summed E-state index contributed by atoms with van der Waals surface area (Å²) >= 11 is 0. The van der Waals surface area contributed by atoms with Crippen LogP contribution in [0.1, 0.15) is 19.3 Å². The van der Waals surface area contributed by atoms with Crippen molar-refractivity contribution in [3.8, 4) is 0 Å². The monoisotopic (exact) mass is 194 g/mol. The van der Waals surface area contributed by atoms with Gasteiger partial charge in [0.2, 0.25) is 5.95 Å². The number of H-pyrrole nitrogens is 1. The molecule has 1 fully saturated rings. The summed E-state index contributed by atoms with van der Waals surface area (Å²) in [5, 5.41) is 0. The molecule has 4 nitrogen and oxygen atoms in total. The van der Waals surface area contributed by atoms with Gasteiger partial charge in [-0.15, -0.1) is 0 Å². The normalized spacial score (nSPS) is 26.7. The van der Waals surface area contributed by atoms with E-state index in [2.05, 4.69) is 21.9 Å². The molecule has 1 aliphatic rings. The van der Waals surface area contributed by atoms with Crippen LogP contribution in [0.2, 0.25) is 0 Å².